The third kappa shape index (κ3) is 4.01. The molecule has 0 aliphatic rings. The van der Waals surface area contributed by atoms with Crippen molar-refractivity contribution < 1.29 is 14.8 Å². The summed E-state index contributed by atoms with van der Waals surface area (Å²) in [6, 6.07) is 4.27. The SMILES string of the molecule is CC(C)N(CCCO)C(=O)c1ccc(Br)c([N+](=O)[O-])c1. The second-order valence-corrected chi connectivity index (χ2v) is 5.45. The molecule has 1 aromatic carbocycles. The second kappa shape index (κ2) is 7.35. The fourth-order valence-electron chi connectivity index (χ4n) is 1.79. The van der Waals surface area contributed by atoms with E-state index in [1.54, 1.807) is 11.0 Å². The number of nitrogens with zero attached hydrogens (tertiary/aromatic N) is 2. The largest absolute Gasteiger partial charge is 0.396 e. The van der Waals surface area contributed by atoms with Crippen molar-refractivity contribution in [2.45, 2.75) is 26.3 Å². The fourth-order valence-corrected chi connectivity index (χ4v) is 2.18. The molecule has 0 heterocycles. The maximum Gasteiger partial charge on any atom is 0.284 e. The number of nitro benzene ring substituents is 1. The lowest BCUT2D eigenvalue weighted by molar-refractivity contribution is -0.385. The number of nitro groups is 1. The lowest BCUT2D eigenvalue weighted by Gasteiger charge is -2.26. The van der Waals surface area contributed by atoms with Crippen molar-refractivity contribution in [1.82, 2.24) is 4.90 Å². The number of hydrogen-bond donors (Lipinski definition) is 1. The van der Waals surface area contributed by atoms with E-state index in [4.69, 9.17) is 5.11 Å². The molecular weight excluding hydrogens is 328 g/mol. The molecule has 1 rings (SSSR count). The Labute approximate surface area is 125 Å². The third-order valence-corrected chi connectivity index (χ3v) is 3.50. The van der Waals surface area contributed by atoms with E-state index < -0.39 is 4.92 Å². The molecule has 0 bridgehead atoms. The zero-order valence-electron chi connectivity index (χ0n) is 11.4. The summed E-state index contributed by atoms with van der Waals surface area (Å²) in [6.45, 7) is 4.14. The summed E-state index contributed by atoms with van der Waals surface area (Å²) in [5, 5.41) is 19.8. The quantitative estimate of drug-likeness (QED) is 0.634. The molecule has 1 aromatic rings. The van der Waals surface area contributed by atoms with Crippen LogP contribution in [-0.2, 0) is 0 Å². The summed E-state index contributed by atoms with van der Waals surface area (Å²) in [4.78, 5) is 24.3. The van der Waals surface area contributed by atoms with E-state index in [0.717, 1.165) is 0 Å². The van der Waals surface area contributed by atoms with Gasteiger partial charge in [0.15, 0.2) is 0 Å². The number of aliphatic hydroxyl groups excluding tert-OH is 1. The average Bonchev–Trinajstić information content (AvgIpc) is 2.38. The van der Waals surface area contributed by atoms with E-state index in [-0.39, 0.29) is 29.8 Å². The van der Waals surface area contributed by atoms with Crippen LogP contribution in [0.3, 0.4) is 0 Å². The summed E-state index contributed by atoms with van der Waals surface area (Å²) < 4.78 is 0.338. The van der Waals surface area contributed by atoms with Crippen molar-refractivity contribution in [3.8, 4) is 0 Å². The van der Waals surface area contributed by atoms with Gasteiger partial charge in [-0.2, -0.15) is 0 Å². The highest BCUT2D eigenvalue weighted by Crippen LogP contribution is 2.26. The van der Waals surface area contributed by atoms with Crippen molar-refractivity contribution in [2.24, 2.45) is 0 Å². The minimum absolute atomic E-state index is 0.00299. The average molecular weight is 345 g/mol. The summed E-state index contributed by atoms with van der Waals surface area (Å²) in [6.07, 6.45) is 0.475. The lowest BCUT2D eigenvalue weighted by Crippen LogP contribution is -2.38. The molecule has 20 heavy (non-hydrogen) atoms. The van der Waals surface area contributed by atoms with E-state index in [0.29, 0.717) is 17.4 Å². The van der Waals surface area contributed by atoms with Crippen molar-refractivity contribution in [3.63, 3.8) is 0 Å². The van der Waals surface area contributed by atoms with E-state index in [1.807, 2.05) is 13.8 Å². The maximum atomic E-state index is 12.4. The molecular formula is C13H17BrN2O4. The number of hydrogen-bond acceptors (Lipinski definition) is 4. The van der Waals surface area contributed by atoms with Crippen molar-refractivity contribution in [2.75, 3.05) is 13.2 Å². The van der Waals surface area contributed by atoms with Gasteiger partial charge in [0.1, 0.15) is 0 Å². The standard InChI is InChI=1S/C13H17BrN2O4/c1-9(2)15(6-3-7-17)13(18)10-4-5-11(14)12(8-10)16(19)20/h4-5,8-9,17H,3,6-7H2,1-2H3. The first-order valence-electron chi connectivity index (χ1n) is 6.24. The zero-order valence-corrected chi connectivity index (χ0v) is 13.0. The molecule has 0 unspecified atom stereocenters. The van der Waals surface area contributed by atoms with Crippen LogP contribution in [0.2, 0.25) is 0 Å². The summed E-state index contributed by atoms with van der Waals surface area (Å²) in [7, 11) is 0. The number of carbonyl (C=O) groups is 1. The van der Waals surface area contributed by atoms with Crippen LogP contribution in [0.4, 0.5) is 5.69 Å². The molecule has 0 aliphatic heterocycles. The Morgan fingerprint density at radius 2 is 2.15 bits per heavy atom. The van der Waals surface area contributed by atoms with Gasteiger partial charge in [0.05, 0.1) is 9.40 Å². The molecule has 1 N–H and O–H groups in total. The Morgan fingerprint density at radius 3 is 2.65 bits per heavy atom. The molecule has 7 heteroatoms. The van der Waals surface area contributed by atoms with E-state index in [2.05, 4.69) is 15.9 Å². The molecule has 0 fully saturated rings. The second-order valence-electron chi connectivity index (χ2n) is 4.59. The van der Waals surface area contributed by atoms with Gasteiger partial charge in [0.25, 0.3) is 11.6 Å². The van der Waals surface area contributed by atoms with Crippen LogP contribution in [0.1, 0.15) is 30.6 Å². The van der Waals surface area contributed by atoms with E-state index in [1.165, 1.54) is 12.1 Å². The number of halogens is 1. The molecule has 6 nitrogen and oxygen atoms in total. The normalized spacial score (nSPS) is 10.7. The van der Waals surface area contributed by atoms with Crippen LogP contribution in [-0.4, -0.2) is 40.0 Å². The minimum Gasteiger partial charge on any atom is -0.396 e. The number of rotatable bonds is 6. The predicted molar refractivity (Wildman–Crippen MR) is 78.7 cm³/mol. The first-order valence-corrected chi connectivity index (χ1v) is 7.03. The smallest absolute Gasteiger partial charge is 0.284 e. The van der Waals surface area contributed by atoms with Gasteiger partial charge in [-0.05, 0) is 48.3 Å². The van der Waals surface area contributed by atoms with Crippen molar-refractivity contribution in [1.29, 1.82) is 0 Å². The van der Waals surface area contributed by atoms with Gasteiger partial charge >= 0.3 is 0 Å². The highest BCUT2D eigenvalue weighted by Gasteiger charge is 2.21. The van der Waals surface area contributed by atoms with Crippen LogP contribution in [0, 0.1) is 10.1 Å². The molecule has 0 aromatic heterocycles. The van der Waals surface area contributed by atoms with Crippen LogP contribution in [0.25, 0.3) is 0 Å². The maximum absolute atomic E-state index is 12.4. The number of carbonyl (C=O) groups excluding carboxylic acids is 1. The van der Waals surface area contributed by atoms with Gasteiger partial charge in [-0.15, -0.1) is 0 Å². The Morgan fingerprint density at radius 1 is 1.50 bits per heavy atom. The van der Waals surface area contributed by atoms with Gasteiger partial charge in [-0.25, -0.2) is 0 Å². The Hall–Kier alpha value is -1.47. The first kappa shape index (κ1) is 16.6. The van der Waals surface area contributed by atoms with Gasteiger partial charge in [0, 0.05) is 30.8 Å². The lowest BCUT2D eigenvalue weighted by atomic mass is 10.1. The highest BCUT2D eigenvalue weighted by molar-refractivity contribution is 9.10. The summed E-state index contributed by atoms with van der Waals surface area (Å²) in [5.74, 6) is -0.274. The predicted octanol–water partition coefficient (Wildman–Crippen LogP) is 2.59. The van der Waals surface area contributed by atoms with Gasteiger partial charge < -0.3 is 10.0 Å². The number of amides is 1. The van der Waals surface area contributed by atoms with E-state index >= 15 is 0 Å². The summed E-state index contributed by atoms with van der Waals surface area (Å²) >= 11 is 3.09. The number of benzene rings is 1. The molecule has 0 atom stereocenters. The molecule has 0 aliphatic carbocycles. The minimum atomic E-state index is -0.533. The van der Waals surface area contributed by atoms with Crippen molar-refractivity contribution >= 4 is 27.5 Å². The Bertz CT molecular complexity index is 505. The third-order valence-electron chi connectivity index (χ3n) is 2.83. The molecule has 0 radical (unpaired) electrons. The molecule has 0 saturated carbocycles. The Kier molecular flexibility index (Phi) is 6.09. The number of aliphatic hydroxyl groups is 1. The Balaban J connectivity index is 3.05. The van der Waals surface area contributed by atoms with Gasteiger partial charge in [-0.1, -0.05) is 0 Å². The van der Waals surface area contributed by atoms with E-state index in [9.17, 15) is 14.9 Å². The molecule has 110 valence electrons. The molecule has 0 saturated heterocycles. The van der Waals surface area contributed by atoms with Crippen LogP contribution >= 0.6 is 15.9 Å². The van der Waals surface area contributed by atoms with Crippen LogP contribution in [0.5, 0.6) is 0 Å². The molecule has 0 spiro atoms. The molecule has 1 amide bonds. The summed E-state index contributed by atoms with van der Waals surface area (Å²) in [5.41, 5.74) is 0.133. The van der Waals surface area contributed by atoms with Gasteiger partial charge in [0.2, 0.25) is 0 Å². The van der Waals surface area contributed by atoms with Crippen LogP contribution in [0.15, 0.2) is 22.7 Å². The zero-order chi connectivity index (χ0) is 15.3. The topological polar surface area (TPSA) is 83.7 Å². The first-order chi connectivity index (χ1) is 9.38. The monoisotopic (exact) mass is 344 g/mol. The van der Waals surface area contributed by atoms with Gasteiger partial charge in [-0.3, -0.25) is 14.9 Å². The highest BCUT2D eigenvalue weighted by atomic mass is 79.9. The van der Waals surface area contributed by atoms with Crippen LogP contribution < -0.4 is 0 Å². The van der Waals surface area contributed by atoms with Crippen molar-refractivity contribution in [3.05, 3.63) is 38.3 Å². The fraction of sp³-hybridized carbons (Fsp3) is 0.462.